The maximum atomic E-state index is 14.0. The molecule has 38 heavy (non-hydrogen) atoms. The van der Waals surface area contributed by atoms with Crippen LogP contribution in [0, 0.1) is 5.82 Å². The first-order valence-corrected chi connectivity index (χ1v) is 13.1. The zero-order valence-electron chi connectivity index (χ0n) is 20.6. The number of halogens is 1. The second-order valence-corrected chi connectivity index (χ2v) is 10.2. The van der Waals surface area contributed by atoms with Gasteiger partial charge in [-0.05, 0) is 48.5 Å². The van der Waals surface area contributed by atoms with Crippen molar-refractivity contribution in [1.29, 1.82) is 0 Å². The molecule has 5 rings (SSSR count). The fraction of sp³-hybridized carbons (Fsp3) is 0.115. The highest BCUT2D eigenvalue weighted by molar-refractivity contribution is 7.89. The van der Waals surface area contributed by atoms with E-state index in [0.29, 0.717) is 35.5 Å². The van der Waals surface area contributed by atoms with Crippen molar-refractivity contribution in [1.82, 2.24) is 19.5 Å². The third-order valence-electron chi connectivity index (χ3n) is 6.05. The number of hydrogen-bond donors (Lipinski definition) is 3. The molecule has 0 atom stereocenters. The summed E-state index contributed by atoms with van der Waals surface area (Å²) >= 11 is 0. The predicted octanol–water partition coefficient (Wildman–Crippen LogP) is 4.27. The van der Waals surface area contributed by atoms with Crippen molar-refractivity contribution < 1.29 is 12.8 Å². The van der Waals surface area contributed by atoms with E-state index in [0.717, 1.165) is 16.7 Å². The van der Waals surface area contributed by atoms with Crippen molar-refractivity contribution in [2.45, 2.75) is 11.4 Å². The number of fused-ring (bicyclic) bond motifs is 1. The molecule has 2 aromatic heterocycles. The molecular formula is C26H25FN8O2S. The summed E-state index contributed by atoms with van der Waals surface area (Å²) in [5, 5.41) is 11.5. The lowest BCUT2D eigenvalue weighted by Crippen LogP contribution is -2.13. The fourth-order valence-electron chi connectivity index (χ4n) is 3.98. The molecule has 10 nitrogen and oxygen atoms in total. The van der Waals surface area contributed by atoms with E-state index in [2.05, 4.69) is 20.6 Å². The molecule has 0 saturated carbocycles. The molecule has 4 N–H and O–H groups in total. The van der Waals surface area contributed by atoms with Crippen molar-refractivity contribution in [3.05, 3.63) is 90.4 Å². The van der Waals surface area contributed by atoms with E-state index >= 15 is 0 Å². The van der Waals surface area contributed by atoms with Gasteiger partial charge in [0.25, 0.3) is 0 Å². The van der Waals surface area contributed by atoms with Gasteiger partial charge < -0.3 is 20.1 Å². The quantitative estimate of drug-likeness (QED) is 0.270. The summed E-state index contributed by atoms with van der Waals surface area (Å²) in [5.41, 5.74) is 3.57. The number of sulfonamides is 1. The standard InChI is InChI=1S/C26H25FN8O2S/c1-34(24-12-13-29-25(33-24)31-18-7-5-8-20(14-18)38(28,36)37)19-10-11-23-22(15-19)32-26(35(23)2)30-16-17-6-3-4-9-21(17)27/h3-15H,16H2,1-2H3,(H,30,32)(H2,28,36,37)(H,29,31,33). The topological polar surface area (TPSA) is 131 Å². The average molecular weight is 533 g/mol. The second-order valence-electron chi connectivity index (χ2n) is 8.61. The molecule has 5 aromatic rings. The van der Waals surface area contributed by atoms with Crippen molar-refractivity contribution >= 4 is 50.1 Å². The van der Waals surface area contributed by atoms with Crippen LogP contribution in [0.5, 0.6) is 0 Å². The highest BCUT2D eigenvalue weighted by Crippen LogP contribution is 2.28. The number of nitrogens with zero attached hydrogens (tertiary/aromatic N) is 5. The third-order valence-corrected chi connectivity index (χ3v) is 6.96. The minimum Gasteiger partial charge on any atom is -0.351 e. The van der Waals surface area contributed by atoms with Crippen LogP contribution in [0.25, 0.3) is 11.0 Å². The van der Waals surface area contributed by atoms with Crippen LogP contribution in [0.4, 0.5) is 33.5 Å². The summed E-state index contributed by atoms with van der Waals surface area (Å²) in [6, 6.07) is 20.4. The van der Waals surface area contributed by atoms with Gasteiger partial charge in [-0.15, -0.1) is 0 Å². The first-order chi connectivity index (χ1) is 18.2. The number of aromatic nitrogens is 4. The number of primary sulfonamides is 1. The summed E-state index contributed by atoms with van der Waals surface area (Å²) in [4.78, 5) is 15.4. The van der Waals surface area contributed by atoms with Gasteiger partial charge in [-0.1, -0.05) is 24.3 Å². The Labute approximate surface area is 219 Å². The summed E-state index contributed by atoms with van der Waals surface area (Å²) < 4.78 is 39.2. The van der Waals surface area contributed by atoms with Gasteiger partial charge in [0.15, 0.2) is 0 Å². The molecule has 0 radical (unpaired) electrons. The summed E-state index contributed by atoms with van der Waals surface area (Å²) in [6.07, 6.45) is 1.61. The number of hydrogen-bond acceptors (Lipinski definition) is 8. The maximum Gasteiger partial charge on any atom is 0.238 e. The Balaban J connectivity index is 1.36. The Morgan fingerprint density at radius 3 is 2.63 bits per heavy atom. The van der Waals surface area contributed by atoms with E-state index in [4.69, 9.17) is 10.1 Å². The lowest BCUT2D eigenvalue weighted by molar-refractivity contribution is 0.598. The molecule has 0 fully saturated rings. The number of nitrogens with one attached hydrogen (secondary N) is 2. The van der Waals surface area contributed by atoms with Gasteiger partial charge in [0.05, 0.1) is 15.9 Å². The Hall–Kier alpha value is -4.55. The normalized spacial score (nSPS) is 11.5. The number of benzene rings is 3. The molecule has 0 spiro atoms. The Morgan fingerprint density at radius 2 is 1.84 bits per heavy atom. The van der Waals surface area contributed by atoms with E-state index in [1.165, 1.54) is 18.2 Å². The average Bonchev–Trinajstić information content (AvgIpc) is 3.22. The largest absolute Gasteiger partial charge is 0.351 e. The second kappa shape index (κ2) is 10.1. The van der Waals surface area contributed by atoms with Gasteiger partial charge in [0.1, 0.15) is 11.6 Å². The zero-order valence-corrected chi connectivity index (χ0v) is 21.4. The van der Waals surface area contributed by atoms with E-state index in [9.17, 15) is 12.8 Å². The summed E-state index contributed by atoms with van der Waals surface area (Å²) in [7, 11) is -0.0637. The summed E-state index contributed by atoms with van der Waals surface area (Å²) in [6.45, 7) is 0.313. The zero-order chi connectivity index (χ0) is 26.9. The maximum absolute atomic E-state index is 14.0. The van der Waals surface area contributed by atoms with Gasteiger partial charge in [-0.3, -0.25) is 0 Å². The smallest absolute Gasteiger partial charge is 0.238 e. The predicted molar refractivity (Wildman–Crippen MR) is 146 cm³/mol. The highest BCUT2D eigenvalue weighted by Gasteiger charge is 2.13. The van der Waals surface area contributed by atoms with Crippen molar-refractivity contribution in [3.8, 4) is 0 Å². The molecular weight excluding hydrogens is 507 g/mol. The van der Waals surface area contributed by atoms with Crippen LogP contribution in [0.1, 0.15) is 5.56 Å². The van der Waals surface area contributed by atoms with Gasteiger partial charge in [0, 0.05) is 43.8 Å². The van der Waals surface area contributed by atoms with Crippen LogP contribution >= 0.6 is 0 Å². The molecule has 2 heterocycles. The van der Waals surface area contributed by atoms with E-state index < -0.39 is 10.0 Å². The van der Waals surface area contributed by atoms with Crippen LogP contribution in [-0.4, -0.2) is 35.0 Å². The molecule has 0 bridgehead atoms. The molecule has 194 valence electrons. The fourth-order valence-corrected chi connectivity index (χ4v) is 4.54. The third kappa shape index (κ3) is 5.26. The van der Waals surface area contributed by atoms with Gasteiger partial charge in [-0.2, -0.15) is 4.98 Å². The van der Waals surface area contributed by atoms with E-state index in [1.54, 1.807) is 42.6 Å². The molecule has 0 saturated heterocycles. The Bertz CT molecular complexity index is 1740. The van der Waals surface area contributed by atoms with Gasteiger partial charge in [0.2, 0.25) is 21.9 Å². The highest BCUT2D eigenvalue weighted by atomic mass is 32.2. The number of aryl methyl sites for hydroxylation is 1. The summed E-state index contributed by atoms with van der Waals surface area (Å²) in [5.74, 6) is 1.26. The van der Waals surface area contributed by atoms with Crippen LogP contribution in [0.2, 0.25) is 0 Å². The van der Waals surface area contributed by atoms with Gasteiger partial charge >= 0.3 is 0 Å². The van der Waals surface area contributed by atoms with Crippen LogP contribution in [0.3, 0.4) is 0 Å². The van der Waals surface area contributed by atoms with E-state index in [1.807, 2.05) is 41.8 Å². The molecule has 0 aliphatic rings. The van der Waals surface area contributed by atoms with Crippen LogP contribution in [-0.2, 0) is 23.6 Å². The minimum absolute atomic E-state index is 0.0119. The molecule has 12 heteroatoms. The van der Waals surface area contributed by atoms with Crippen molar-refractivity contribution in [2.75, 3.05) is 22.6 Å². The molecule has 0 aliphatic heterocycles. The first-order valence-electron chi connectivity index (χ1n) is 11.6. The monoisotopic (exact) mass is 532 g/mol. The number of nitrogens with two attached hydrogens (primary N) is 1. The van der Waals surface area contributed by atoms with Crippen molar-refractivity contribution in [2.24, 2.45) is 12.2 Å². The lowest BCUT2D eigenvalue weighted by Gasteiger charge is -2.19. The number of imidazole rings is 1. The molecule has 3 aromatic carbocycles. The first kappa shape index (κ1) is 25.1. The minimum atomic E-state index is -3.83. The Morgan fingerprint density at radius 1 is 1.03 bits per heavy atom. The van der Waals surface area contributed by atoms with Crippen molar-refractivity contribution in [3.63, 3.8) is 0 Å². The van der Waals surface area contributed by atoms with Crippen LogP contribution < -0.4 is 20.7 Å². The van der Waals surface area contributed by atoms with Gasteiger partial charge in [-0.25, -0.2) is 27.9 Å². The Kier molecular flexibility index (Phi) is 6.66. The lowest BCUT2D eigenvalue weighted by atomic mass is 10.2. The van der Waals surface area contributed by atoms with Crippen LogP contribution in [0.15, 0.2) is 83.9 Å². The molecule has 0 amide bonds. The SMILES string of the molecule is CN(c1ccc2c(c1)nc(NCc1ccccc1F)n2C)c1ccnc(Nc2cccc(S(N)(=O)=O)c2)n1. The molecule has 0 unspecified atom stereocenters. The number of anilines is 5. The van der Waals surface area contributed by atoms with E-state index in [-0.39, 0.29) is 10.7 Å². The molecule has 0 aliphatic carbocycles. The number of rotatable bonds is 8.